The van der Waals surface area contributed by atoms with Crippen LogP contribution in [0, 0.1) is 0 Å². The predicted octanol–water partition coefficient (Wildman–Crippen LogP) is 2.33. The van der Waals surface area contributed by atoms with Crippen LogP contribution in [0.15, 0.2) is 29.4 Å². The number of amides is 1. The van der Waals surface area contributed by atoms with Gasteiger partial charge in [0.1, 0.15) is 11.5 Å². The number of hydrogen-bond donors (Lipinski definition) is 1. The van der Waals surface area contributed by atoms with E-state index in [4.69, 9.17) is 16.3 Å². The summed E-state index contributed by atoms with van der Waals surface area (Å²) < 4.78 is 5.28. The lowest BCUT2D eigenvalue weighted by Crippen LogP contribution is -2.27. The summed E-state index contributed by atoms with van der Waals surface area (Å²) >= 11 is 5.74. The molecule has 1 aromatic rings. The van der Waals surface area contributed by atoms with Gasteiger partial charge in [0.2, 0.25) is 0 Å². The lowest BCUT2D eigenvalue weighted by atomic mass is 9.97. The van der Waals surface area contributed by atoms with E-state index in [1.54, 1.807) is 24.3 Å². The standard InChI is InChI=1S/C14H15ClN2O3/c15-10-4-6-13(7-5-10)20-9-14(19)17-16-11-2-1-3-12(18)8-11/h4-7H,1-3,8-9H2,(H,17,19). The number of rotatable bonds is 4. The lowest BCUT2D eigenvalue weighted by Gasteiger charge is -2.11. The van der Waals surface area contributed by atoms with Crippen molar-refractivity contribution in [1.82, 2.24) is 5.43 Å². The van der Waals surface area contributed by atoms with Crippen LogP contribution < -0.4 is 10.2 Å². The van der Waals surface area contributed by atoms with Crippen molar-refractivity contribution < 1.29 is 14.3 Å². The van der Waals surface area contributed by atoms with E-state index in [1.165, 1.54) is 0 Å². The molecular formula is C14H15ClN2O3. The van der Waals surface area contributed by atoms with Gasteiger partial charge in [0.25, 0.3) is 5.91 Å². The van der Waals surface area contributed by atoms with Crippen molar-refractivity contribution in [3.05, 3.63) is 29.3 Å². The van der Waals surface area contributed by atoms with Crippen LogP contribution in [0.5, 0.6) is 5.75 Å². The Labute approximate surface area is 122 Å². The van der Waals surface area contributed by atoms with Crippen molar-refractivity contribution in [3.8, 4) is 5.75 Å². The van der Waals surface area contributed by atoms with Crippen LogP contribution >= 0.6 is 11.6 Å². The van der Waals surface area contributed by atoms with E-state index < -0.39 is 0 Å². The minimum atomic E-state index is -0.356. The first kappa shape index (κ1) is 14.5. The Morgan fingerprint density at radius 1 is 1.30 bits per heavy atom. The largest absolute Gasteiger partial charge is 0.484 e. The van der Waals surface area contributed by atoms with Gasteiger partial charge in [-0.1, -0.05) is 11.6 Å². The maximum atomic E-state index is 11.6. The minimum absolute atomic E-state index is 0.133. The molecule has 5 nitrogen and oxygen atoms in total. The van der Waals surface area contributed by atoms with Crippen LogP contribution in [-0.4, -0.2) is 24.0 Å². The minimum Gasteiger partial charge on any atom is -0.484 e. The SMILES string of the molecule is O=C1CCCC(=NNC(=O)COc2ccc(Cl)cc2)C1. The second-order valence-corrected chi connectivity index (χ2v) is 4.96. The van der Waals surface area contributed by atoms with E-state index in [0.29, 0.717) is 23.6 Å². The smallest absolute Gasteiger partial charge is 0.277 e. The highest BCUT2D eigenvalue weighted by molar-refractivity contribution is 6.30. The number of ketones is 1. The fraction of sp³-hybridized carbons (Fsp3) is 0.357. The van der Waals surface area contributed by atoms with Crippen LogP contribution in [-0.2, 0) is 9.59 Å². The molecule has 1 N–H and O–H groups in total. The first-order valence-corrected chi connectivity index (χ1v) is 6.75. The highest BCUT2D eigenvalue weighted by atomic mass is 35.5. The highest BCUT2D eigenvalue weighted by Gasteiger charge is 2.14. The zero-order valence-electron chi connectivity index (χ0n) is 10.9. The Balaban J connectivity index is 1.76. The zero-order valence-corrected chi connectivity index (χ0v) is 11.7. The van der Waals surface area contributed by atoms with E-state index in [-0.39, 0.29) is 18.3 Å². The second kappa shape index (κ2) is 7.05. The normalized spacial score (nSPS) is 17.1. The molecule has 1 amide bonds. The van der Waals surface area contributed by atoms with Crippen LogP contribution in [0.3, 0.4) is 0 Å². The van der Waals surface area contributed by atoms with Crippen LogP contribution in [0.4, 0.5) is 0 Å². The Bertz CT molecular complexity index is 526. The van der Waals surface area contributed by atoms with E-state index in [2.05, 4.69) is 10.5 Å². The zero-order chi connectivity index (χ0) is 14.4. The van der Waals surface area contributed by atoms with Gasteiger partial charge < -0.3 is 4.74 Å². The monoisotopic (exact) mass is 294 g/mol. The molecule has 1 fully saturated rings. The van der Waals surface area contributed by atoms with Crippen molar-refractivity contribution >= 4 is 29.0 Å². The van der Waals surface area contributed by atoms with Gasteiger partial charge in [-0.15, -0.1) is 0 Å². The van der Waals surface area contributed by atoms with Crippen molar-refractivity contribution in [1.29, 1.82) is 0 Å². The molecule has 106 valence electrons. The third-order valence-electron chi connectivity index (χ3n) is 2.84. The van der Waals surface area contributed by atoms with Crippen molar-refractivity contribution in [2.45, 2.75) is 25.7 Å². The molecule has 0 spiro atoms. The number of hydrazone groups is 1. The lowest BCUT2D eigenvalue weighted by molar-refractivity contribution is -0.123. The van der Waals surface area contributed by atoms with Crippen molar-refractivity contribution in [2.75, 3.05) is 6.61 Å². The summed E-state index contributed by atoms with van der Waals surface area (Å²) in [6.07, 6.45) is 2.49. The Kier molecular flexibility index (Phi) is 5.12. The van der Waals surface area contributed by atoms with E-state index in [1.807, 2.05) is 0 Å². The third-order valence-corrected chi connectivity index (χ3v) is 3.10. The first-order chi connectivity index (χ1) is 9.63. The van der Waals surface area contributed by atoms with Gasteiger partial charge in [-0.25, -0.2) is 5.43 Å². The molecule has 0 radical (unpaired) electrons. The fourth-order valence-electron chi connectivity index (χ4n) is 1.84. The number of hydrogen-bond acceptors (Lipinski definition) is 4. The average Bonchev–Trinajstić information content (AvgIpc) is 2.45. The molecule has 0 atom stereocenters. The number of halogens is 1. The molecule has 0 heterocycles. The van der Waals surface area contributed by atoms with Gasteiger partial charge >= 0.3 is 0 Å². The maximum Gasteiger partial charge on any atom is 0.277 e. The molecule has 2 rings (SSSR count). The molecule has 1 aliphatic rings. The Hall–Kier alpha value is -1.88. The summed E-state index contributed by atoms with van der Waals surface area (Å²) in [5.41, 5.74) is 3.12. The summed E-state index contributed by atoms with van der Waals surface area (Å²) in [5, 5.41) is 4.56. The molecule has 0 saturated heterocycles. The Morgan fingerprint density at radius 2 is 2.05 bits per heavy atom. The maximum absolute atomic E-state index is 11.6. The molecule has 0 aromatic heterocycles. The van der Waals surface area contributed by atoms with Crippen LogP contribution in [0.2, 0.25) is 5.02 Å². The molecule has 1 saturated carbocycles. The topological polar surface area (TPSA) is 67.8 Å². The summed E-state index contributed by atoms with van der Waals surface area (Å²) in [7, 11) is 0. The number of carbonyl (C=O) groups excluding carboxylic acids is 2. The first-order valence-electron chi connectivity index (χ1n) is 6.38. The van der Waals surface area contributed by atoms with Gasteiger partial charge in [0.15, 0.2) is 6.61 Å². The third kappa shape index (κ3) is 4.66. The summed E-state index contributed by atoms with van der Waals surface area (Å²) in [6.45, 7) is -0.133. The number of nitrogens with one attached hydrogen (secondary N) is 1. The Morgan fingerprint density at radius 3 is 2.75 bits per heavy atom. The highest BCUT2D eigenvalue weighted by Crippen LogP contribution is 2.15. The number of Topliss-reactive ketones (excluding diaryl/α,β-unsaturated/α-hetero) is 1. The second-order valence-electron chi connectivity index (χ2n) is 4.52. The van der Waals surface area contributed by atoms with E-state index >= 15 is 0 Å². The van der Waals surface area contributed by atoms with Gasteiger partial charge in [-0.2, -0.15) is 5.10 Å². The van der Waals surface area contributed by atoms with Gasteiger partial charge in [0, 0.05) is 23.6 Å². The summed E-state index contributed by atoms with van der Waals surface area (Å²) in [5.74, 6) is 0.372. The summed E-state index contributed by atoms with van der Waals surface area (Å²) in [6, 6.07) is 6.73. The quantitative estimate of drug-likeness (QED) is 0.867. The number of nitrogens with zero attached hydrogens (tertiary/aromatic N) is 1. The van der Waals surface area contributed by atoms with Gasteiger partial charge in [0.05, 0.1) is 0 Å². The number of carbonyl (C=O) groups is 2. The van der Waals surface area contributed by atoms with Crippen molar-refractivity contribution in [3.63, 3.8) is 0 Å². The molecule has 1 aromatic carbocycles. The summed E-state index contributed by atoms with van der Waals surface area (Å²) in [4.78, 5) is 22.8. The predicted molar refractivity (Wildman–Crippen MR) is 76.0 cm³/mol. The molecule has 20 heavy (non-hydrogen) atoms. The molecule has 0 unspecified atom stereocenters. The molecule has 6 heteroatoms. The molecule has 0 bridgehead atoms. The average molecular weight is 295 g/mol. The van der Waals surface area contributed by atoms with Gasteiger partial charge in [-0.3, -0.25) is 9.59 Å². The fourth-order valence-corrected chi connectivity index (χ4v) is 1.97. The molecular weight excluding hydrogens is 280 g/mol. The number of ether oxygens (including phenoxy) is 1. The van der Waals surface area contributed by atoms with E-state index in [0.717, 1.165) is 18.6 Å². The number of benzene rings is 1. The van der Waals surface area contributed by atoms with Crippen molar-refractivity contribution in [2.24, 2.45) is 5.10 Å². The van der Waals surface area contributed by atoms with Gasteiger partial charge in [-0.05, 0) is 37.1 Å². The van der Waals surface area contributed by atoms with E-state index in [9.17, 15) is 9.59 Å². The molecule has 0 aliphatic heterocycles. The molecule has 1 aliphatic carbocycles. The van der Waals surface area contributed by atoms with Crippen LogP contribution in [0.25, 0.3) is 0 Å². The van der Waals surface area contributed by atoms with Crippen LogP contribution in [0.1, 0.15) is 25.7 Å².